The van der Waals surface area contributed by atoms with Crippen LogP contribution in [0.2, 0.25) is 0 Å². The lowest BCUT2D eigenvalue weighted by molar-refractivity contribution is -0.118. The molecule has 0 aliphatic carbocycles. The number of carbonyl (C=O) groups excluding carboxylic acids is 1. The molecule has 8 nitrogen and oxygen atoms in total. The number of likely N-dealkylation sites (tertiary alicyclic amines) is 1. The molecule has 0 radical (unpaired) electrons. The van der Waals surface area contributed by atoms with E-state index in [1.165, 1.54) is 12.8 Å². The molecule has 33 heavy (non-hydrogen) atoms. The second kappa shape index (κ2) is 10.9. The van der Waals surface area contributed by atoms with Gasteiger partial charge in [-0.15, -0.1) is 0 Å². The van der Waals surface area contributed by atoms with Gasteiger partial charge in [-0.2, -0.15) is 5.10 Å². The lowest BCUT2D eigenvalue weighted by Crippen LogP contribution is -2.25. The fourth-order valence-electron chi connectivity index (χ4n) is 3.94. The Morgan fingerprint density at radius 1 is 1.03 bits per heavy atom. The zero-order chi connectivity index (χ0) is 23.0. The summed E-state index contributed by atoms with van der Waals surface area (Å²) in [6.07, 6.45) is 4.26. The molecule has 3 aromatic rings. The average Bonchev–Trinajstić information content (AvgIpc) is 3.50. The molecule has 8 heteroatoms. The summed E-state index contributed by atoms with van der Waals surface area (Å²) in [5.41, 5.74) is 2.44. The third kappa shape index (κ3) is 5.84. The van der Waals surface area contributed by atoms with Crippen LogP contribution in [-0.4, -0.2) is 60.5 Å². The number of para-hydroxylation sites is 2. The van der Waals surface area contributed by atoms with Crippen molar-refractivity contribution in [3.8, 4) is 28.5 Å². The van der Waals surface area contributed by atoms with Gasteiger partial charge in [-0.05, 0) is 62.3 Å². The number of carbonyl (C=O) groups is 1. The molecular formula is C25H30N4O4. The van der Waals surface area contributed by atoms with Crippen LogP contribution in [0.1, 0.15) is 12.8 Å². The second-order valence-corrected chi connectivity index (χ2v) is 7.94. The van der Waals surface area contributed by atoms with Crippen LogP contribution in [-0.2, 0) is 11.8 Å². The van der Waals surface area contributed by atoms with Crippen molar-refractivity contribution in [2.24, 2.45) is 7.05 Å². The van der Waals surface area contributed by atoms with E-state index >= 15 is 0 Å². The monoisotopic (exact) mass is 450 g/mol. The maximum atomic E-state index is 12.5. The summed E-state index contributed by atoms with van der Waals surface area (Å²) in [6, 6.07) is 14.8. The number of aryl methyl sites for hydroxylation is 1. The molecule has 2 aromatic carbocycles. The molecule has 1 aliphatic heterocycles. The highest BCUT2D eigenvalue weighted by Crippen LogP contribution is 2.32. The summed E-state index contributed by atoms with van der Waals surface area (Å²) in [4.78, 5) is 14.9. The minimum Gasteiger partial charge on any atom is -0.493 e. The van der Waals surface area contributed by atoms with Crippen molar-refractivity contribution in [3.63, 3.8) is 0 Å². The molecule has 0 atom stereocenters. The molecule has 2 heterocycles. The molecule has 1 aliphatic rings. The first kappa shape index (κ1) is 22.7. The van der Waals surface area contributed by atoms with Gasteiger partial charge in [0, 0.05) is 31.0 Å². The quantitative estimate of drug-likeness (QED) is 0.509. The number of hydrogen-bond donors (Lipinski definition) is 1. The first-order chi connectivity index (χ1) is 16.1. The van der Waals surface area contributed by atoms with Crippen molar-refractivity contribution >= 4 is 11.6 Å². The van der Waals surface area contributed by atoms with Gasteiger partial charge in [-0.1, -0.05) is 12.1 Å². The van der Waals surface area contributed by atoms with Gasteiger partial charge in [-0.3, -0.25) is 14.4 Å². The number of benzene rings is 2. The van der Waals surface area contributed by atoms with Gasteiger partial charge in [0.2, 0.25) is 0 Å². The van der Waals surface area contributed by atoms with E-state index in [9.17, 15) is 4.79 Å². The Kier molecular flexibility index (Phi) is 7.47. The molecule has 1 amide bonds. The van der Waals surface area contributed by atoms with E-state index in [-0.39, 0.29) is 12.5 Å². The van der Waals surface area contributed by atoms with Crippen LogP contribution >= 0.6 is 0 Å². The summed E-state index contributed by atoms with van der Waals surface area (Å²) in [6.45, 7) is 3.67. The molecule has 0 spiro atoms. The molecule has 0 saturated carbocycles. The van der Waals surface area contributed by atoms with Gasteiger partial charge < -0.3 is 19.5 Å². The van der Waals surface area contributed by atoms with E-state index in [0.29, 0.717) is 23.8 Å². The summed E-state index contributed by atoms with van der Waals surface area (Å²) in [7, 11) is 3.45. The molecule has 1 N–H and O–H groups in total. The highest BCUT2D eigenvalue weighted by Gasteiger charge is 2.15. The predicted octanol–water partition coefficient (Wildman–Crippen LogP) is 3.59. The molecular weight excluding hydrogens is 420 g/mol. The van der Waals surface area contributed by atoms with Gasteiger partial charge in [0.1, 0.15) is 12.4 Å². The maximum Gasteiger partial charge on any atom is 0.262 e. The van der Waals surface area contributed by atoms with Crippen LogP contribution in [0, 0.1) is 0 Å². The van der Waals surface area contributed by atoms with E-state index in [1.54, 1.807) is 30.1 Å². The average molecular weight is 451 g/mol. The maximum absolute atomic E-state index is 12.5. The Morgan fingerprint density at radius 3 is 2.55 bits per heavy atom. The lowest BCUT2D eigenvalue weighted by atomic mass is 10.1. The first-order valence-corrected chi connectivity index (χ1v) is 11.2. The highest BCUT2D eigenvalue weighted by atomic mass is 16.5. The summed E-state index contributed by atoms with van der Waals surface area (Å²) >= 11 is 0. The Labute approximate surface area is 194 Å². The molecule has 1 fully saturated rings. The standard InChI is InChI=1S/C25H30N4O4/c1-28-21(11-12-26-28)20-17-19(9-10-22(20)32-16-15-29-13-5-6-14-29)27-25(30)18-33-24-8-4-3-7-23(24)31-2/h3-4,7-12,17H,5-6,13-16,18H2,1-2H3,(H,27,30). The van der Waals surface area contributed by atoms with Gasteiger partial charge in [-0.25, -0.2) is 0 Å². The Bertz CT molecular complexity index is 1080. The van der Waals surface area contributed by atoms with Crippen LogP contribution in [0.25, 0.3) is 11.3 Å². The number of aromatic nitrogens is 2. The first-order valence-electron chi connectivity index (χ1n) is 11.2. The second-order valence-electron chi connectivity index (χ2n) is 7.94. The van der Waals surface area contributed by atoms with E-state index in [1.807, 2.05) is 43.4 Å². The largest absolute Gasteiger partial charge is 0.493 e. The molecule has 1 aromatic heterocycles. The topological polar surface area (TPSA) is 77.9 Å². The summed E-state index contributed by atoms with van der Waals surface area (Å²) in [5, 5.41) is 7.18. The van der Waals surface area contributed by atoms with E-state index in [0.717, 1.165) is 36.6 Å². The van der Waals surface area contributed by atoms with Gasteiger partial charge >= 0.3 is 0 Å². The van der Waals surface area contributed by atoms with Crippen molar-refractivity contribution in [2.45, 2.75) is 12.8 Å². The van der Waals surface area contributed by atoms with Gasteiger partial charge in [0.25, 0.3) is 5.91 Å². The Balaban J connectivity index is 1.43. The molecule has 0 bridgehead atoms. The Morgan fingerprint density at radius 2 is 1.82 bits per heavy atom. The van der Waals surface area contributed by atoms with E-state index < -0.39 is 0 Å². The number of rotatable bonds is 10. The van der Waals surface area contributed by atoms with Crippen LogP contribution in [0.4, 0.5) is 5.69 Å². The van der Waals surface area contributed by atoms with Crippen LogP contribution < -0.4 is 19.5 Å². The molecule has 0 unspecified atom stereocenters. The zero-order valence-electron chi connectivity index (χ0n) is 19.1. The summed E-state index contributed by atoms with van der Waals surface area (Å²) < 4.78 is 18.8. The smallest absolute Gasteiger partial charge is 0.262 e. The van der Waals surface area contributed by atoms with Crippen molar-refractivity contribution in [1.29, 1.82) is 0 Å². The lowest BCUT2D eigenvalue weighted by Gasteiger charge is -2.17. The minimum atomic E-state index is -0.264. The number of amides is 1. The number of hydrogen-bond acceptors (Lipinski definition) is 6. The predicted molar refractivity (Wildman–Crippen MR) is 127 cm³/mol. The number of ether oxygens (including phenoxy) is 3. The van der Waals surface area contributed by atoms with Crippen molar-refractivity contribution in [3.05, 3.63) is 54.7 Å². The zero-order valence-corrected chi connectivity index (χ0v) is 19.1. The van der Waals surface area contributed by atoms with Crippen LogP contribution in [0.5, 0.6) is 17.2 Å². The fraction of sp³-hybridized carbons (Fsp3) is 0.360. The summed E-state index contributed by atoms with van der Waals surface area (Å²) in [5.74, 6) is 1.60. The number of nitrogens with one attached hydrogen (secondary N) is 1. The van der Waals surface area contributed by atoms with Crippen molar-refractivity contribution < 1.29 is 19.0 Å². The van der Waals surface area contributed by atoms with Crippen molar-refractivity contribution in [1.82, 2.24) is 14.7 Å². The molecule has 1 saturated heterocycles. The van der Waals surface area contributed by atoms with E-state index in [2.05, 4.69) is 15.3 Å². The molecule has 174 valence electrons. The van der Waals surface area contributed by atoms with Gasteiger partial charge in [0.15, 0.2) is 18.1 Å². The third-order valence-corrected chi connectivity index (χ3v) is 5.65. The Hall–Kier alpha value is -3.52. The number of anilines is 1. The van der Waals surface area contributed by atoms with Gasteiger partial charge in [0.05, 0.1) is 12.8 Å². The SMILES string of the molecule is COc1ccccc1OCC(=O)Nc1ccc(OCCN2CCCC2)c(-c2ccnn2C)c1. The van der Waals surface area contributed by atoms with E-state index in [4.69, 9.17) is 14.2 Å². The molecule has 4 rings (SSSR count). The number of methoxy groups -OCH3 is 1. The minimum absolute atomic E-state index is 0.129. The van der Waals surface area contributed by atoms with Crippen molar-refractivity contribution in [2.75, 3.05) is 45.3 Å². The van der Waals surface area contributed by atoms with Crippen LogP contribution in [0.3, 0.4) is 0 Å². The third-order valence-electron chi connectivity index (χ3n) is 5.65. The van der Waals surface area contributed by atoms with Crippen LogP contribution in [0.15, 0.2) is 54.7 Å². The number of nitrogens with zero attached hydrogens (tertiary/aromatic N) is 3. The normalized spacial score (nSPS) is 13.6. The highest BCUT2D eigenvalue weighted by molar-refractivity contribution is 5.93. The fourth-order valence-corrected chi connectivity index (χ4v) is 3.94.